The van der Waals surface area contributed by atoms with Crippen LogP contribution in [0, 0.1) is 11.6 Å². The molecule has 0 radical (unpaired) electrons. The van der Waals surface area contributed by atoms with Gasteiger partial charge in [0.15, 0.2) is 11.6 Å². The van der Waals surface area contributed by atoms with E-state index in [1.165, 1.54) is 23.2 Å². The van der Waals surface area contributed by atoms with Gasteiger partial charge in [0.2, 0.25) is 5.95 Å². The number of hydrogen-bond donors (Lipinski definition) is 3. The number of rotatable bonds is 11. The van der Waals surface area contributed by atoms with E-state index in [1.807, 2.05) is 30.3 Å². The number of nitrogens with zero attached hydrogens (tertiary/aromatic N) is 5. The molecular weight excluding hydrogens is 670 g/mol. The fourth-order valence-electron chi connectivity index (χ4n) is 6.18. The van der Waals surface area contributed by atoms with Crippen molar-refractivity contribution in [1.82, 2.24) is 30.2 Å². The Morgan fingerprint density at radius 2 is 1.83 bits per heavy atom. The molecule has 0 aliphatic carbocycles. The molecule has 5 aromatic rings. The third-order valence-corrected chi connectivity index (χ3v) is 8.92. The van der Waals surface area contributed by atoms with Gasteiger partial charge in [-0.15, -0.1) is 0 Å². The summed E-state index contributed by atoms with van der Waals surface area (Å²) < 4.78 is 40.1. The van der Waals surface area contributed by atoms with Crippen molar-refractivity contribution in [3.63, 3.8) is 0 Å². The number of morpholine rings is 1. The molecule has 268 valence electrons. The number of carbonyl (C=O) groups is 1. The number of aromatic nitrogens is 4. The Balaban J connectivity index is 1.04. The average molecular weight is 709 g/mol. The second-order valence-corrected chi connectivity index (χ2v) is 12.6. The molecule has 3 aromatic carbocycles. The number of amides is 1. The highest BCUT2D eigenvalue weighted by Crippen LogP contribution is 2.30. The second kappa shape index (κ2) is 16.1. The van der Waals surface area contributed by atoms with Crippen LogP contribution >= 0.6 is 0 Å². The maximum absolute atomic E-state index is 13.7. The molecule has 2 aliphatic heterocycles. The molecular formula is C38H38F2N8O4. The van der Waals surface area contributed by atoms with Crippen molar-refractivity contribution in [2.24, 2.45) is 0 Å². The predicted octanol–water partition coefficient (Wildman–Crippen LogP) is 4.67. The highest BCUT2D eigenvalue weighted by Gasteiger charge is 2.18. The number of hydrogen-bond acceptors (Lipinski definition) is 10. The first-order valence-corrected chi connectivity index (χ1v) is 17.2. The molecule has 0 spiro atoms. The summed E-state index contributed by atoms with van der Waals surface area (Å²) in [5, 5.41) is 10.2. The lowest BCUT2D eigenvalue weighted by atomic mass is 10.1. The van der Waals surface area contributed by atoms with E-state index in [2.05, 4.69) is 43.0 Å². The van der Waals surface area contributed by atoms with Gasteiger partial charge in [-0.3, -0.25) is 14.2 Å². The third kappa shape index (κ3) is 8.41. The van der Waals surface area contributed by atoms with Crippen LogP contribution in [0.15, 0.2) is 84.2 Å². The van der Waals surface area contributed by atoms with Crippen LogP contribution < -0.4 is 31.1 Å². The van der Waals surface area contributed by atoms with Crippen LogP contribution in [0.5, 0.6) is 5.75 Å². The fourth-order valence-corrected chi connectivity index (χ4v) is 6.18. The molecule has 14 heteroatoms. The van der Waals surface area contributed by atoms with E-state index in [0.29, 0.717) is 22.8 Å². The average Bonchev–Trinajstić information content (AvgIpc) is 3.17. The molecule has 2 fully saturated rings. The van der Waals surface area contributed by atoms with E-state index in [1.54, 1.807) is 12.3 Å². The Bertz CT molecular complexity index is 2130. The number of halogens is 2. The lowest BCUT2D eigenvalue weighted by Crippen LogP contribution is -2.36. The van der Waals surface area contributed by atoms with Crippen LogP contribution in [0.25, 0.3) is 17.0 Å². The SMILES string of the molecule is O=C(NC/C=C/c1cc(OC2CCNCC2)c2nc(Nc3ccc(N4CCOCC4)cc3)ncc2c1)c1cncn(Cc2ccc(F)c(F)c2)c1=O. The molecule has 0 unspecified atom stereocenters. The Labute approximate surface area is 298 Å². The predicted molar refractivity (Wildman–Crippen MR) is 194 cm³/mol. The molecule has 2 aliphatic rings. The van der Waals surface area contributed by atoms with Crippen LogP contribution in [0.2, 0.25) is 0 Å². The zero-order valence-electron chi connectivity index (χ0n) is 28.4. The minimum atomic E-state index is -1.02. The minimum Gasteiger partial charge on any atom is -0.488 e. The number of benzene rings is 3. The topological polar surface area (TPSA) is 136 Å². The third-order valence-electron chi connectivity index (χ3n) is 8.92. The van der Waals surface area contributed by atoms with Gasteiger partial charge in [-0.05, 0) is 85.6 Å². The van der Waals surface area contributed by atoms with Crippen molar-refractivity contribution in [2.45, 2.75) is 25.5 Å². The number of fused-ring (bicyclic) bond motifs is 1. The van der Waals surface area contributed by atoms with E-state index < -0.39 is 23.1 Å². The molecule has 1 amide bonds. The maximum atomic E-state index is 13.7. The smallest absolute Gasteiger partial charge is 0.266 e. The van der Waals surface area contributed by atoms with Crippen LogP contribution in [0.4, 0.5) is 26.1 Å². The van der Waals surface area contributed by atoms with E-state index in [4.69, 9.17) is 14.5 Å². The normalized spacial score (nSPS) is 15.2. The first-order valence-electron chi connectivity index (χ1n) is 17.2. The molecule has 0 atom stereocenters. The van der Waals surface area contributed by atoms with Gasteiger partial charge in [0, 0.05) is 48.8 Å². The van der Waals surface area contributed by atoms with E-state index in [9.17, 15) is 18.4 Å². The van der Waals surface area contributed by atoms with Gasteiger partial charge in [-0.25, -0.2) is 23.7 Å². The molecule has 2 saturated heterocycles. The second-order valence-electron chi connectivity index (χ2n) is 12.6. The van der Waals surface area contributed by atoms with E-state index >= 15 is 0 Å². The molecule has 4 heterocycles. The van der Waals surface area contributed by atoms with Crippen molar-refractivity contribution in [3.05, 3.63) is 118 Å². The Hall–Kier alpha value is -5.73. The quantitative estimate of drug-likeness (QED) is 0.178. The summed E-state index contributed by atoms with van der Waals surface area (Å²) in [6.45, 7) is 4.99. The van der Waals surface area contributed by atoms with Gasteiger partial charge in [-0.2, -0.15) is 0 Å². The Kier molecular flexibility index (Phi) is 10.7. The van der Waals surface area contributed by atoms with Crippen LogP contribution in [0.3, 0.4) is 0 Å². The molecule has 12 nitrogen and oxygen atoms in total. The number of carbonyl (C=O) groups excluding carboxylic acids is 1. The summed E-state index contributed by atoms with van der Waals surface area (Å²) in [6.07, 6.45) is 9.58. The van der Waals surface area contributed by atoms with Crippen molar-refractivity contribution in [1.29, 1.82) is 0 Å². The molecule has 0 bridgehead atoms. The van der Waals surface area contributed by atoms with E-state index in [0.717, 1.165) is 86.7 Å². The molecule has 52 heavy (non-hydrogen) atoms. The molecule has 7 rings (SSSR count). The maximum Gasteiger partial charge on any atom is 0.266 e. The monoisotopic (exact) mass is 708 g/mol. The van der Waals surface area contributed by atoms with Gasteiger partial charge in [0.25, 0.3) is 11.5 Å². The van der Waals surface area contributed by atoms with Crippen LogP contribution in [-0.2, 0) is 11.3 Å². The standard InChI is InChI=1S/C38H38F2N8O4/c39-32-8-3-26(19-33(32)40)23-48-24-42-22-31(37(48)50)36(49)43-11-1-2-25-18-27-21-44-38(46-35(27)34(20-25)52-30-9-12-41-13-10-30)45-28-4-6-29(7-5-28)47-14-16-51-17-15-47/h1-8,18-22,24,30,41H,9-17,23H2,(H,43,49)(H,44,45,46)/b2-1+. The minimum absolute atomic E-state index is 0.0349. The lowest BCUT2D eigenvalue weighted by Gasteiger charge is -2.28. The largest absolute Gasteiger partial charge is 0.488 e. The van der Waals surface area contributed by atoms with Gasteiger partial charge >= 0.3 is 0 Å². The van der Waals surface area contributed by atoms with Gasteiger partial charge in [0.1, 0.15) is 22.9 Å². The van der Waals surface area contributed by atoms with Crippen molar-refractivity contribution >= 4 is 40.2 Å². The van der Waals surface area contributed by atoms with Crippen LogP contribution in [-0.4, -0.2) is 77.5 Å². The molecule has 3 N–H and O–H groups in total. The van der Waals surface area contributed by atoms with Gasteiger partial charge < -0.3 is 30.3 Å². The zero-order chi connectivity index (χ0) is 35.9. The first kappa shape index (κ1) is 34.7. The highest BCUT2D eigenvalue weighted by molar-refractivity contribution is 5.93. The summed E-state index contributed by atoms with van der Waals surface area (Å²) in [4.78, 5) is 41.6. The number of anilines is 3. The summed E-state index contributed by atoms with van der Waals surface area (Å²) in [5.74, 6) is -1.53. The summed E-state index contributed by atoms with van der Waals surface area (Å²) in [6, 6.07) is 15.4. The molecule has 2 aromatic heterocycles. The van der Waals surface area contributed by atoms with Gasteiger partial charge in [0.05, 0.1) is 26.1 Å². The van der Waals surface area contributed by atoms with Crippen LogP contribution in [0.1, 0.15) is 34.3 Å². The number of piperidine rings is 1. The Morgan fingerprint density at radius 1 is 1.02 bits per heavy atom. The number of nitrogens with one attached hydrogen (secondary N) is 3. The van der Waals surface area contributed by atoms with E-state index in [-0.39, 0.29) is 24.8 Å². The summed E-state index contributed by atoms with van der Waals surface area (Å²) in [7, 11) is 0. The lowest BCUT2D eigenvalue weighted by molar-refractivity contribution is 0.0955. The van der Waals surface area contributed by atoms with Gasteiger partial charge in [-0.1, -0.05) is 18.2 Å². The zero-order valence-corrected chi connectivity index (χ0v) is 28.4. The number of ether oxygens (including phenoxy) is 2. The summed E-state index contributed by atoms with van der Waals surface area (Å²) in [5.41, 5.74) is 3.10. The molecule has 0 saturated carbocycles. The summed E-state index contributed by atoms with van der Waals surface area (Å²) >= 11 is 0. The first-order chi connectivity index (χ1) is 25.4. The van der Waals surface area contributed by atoms with Crippen molar-refractivity contribution in [3.8, 4) is 5.75 Å². The van der Waals surface area contributed by atoms with Crippen molar-refractivity contribution < 1.29 is 23.0 Å². The Morgan fingerprint density at radius 3 is 2.62 bits per heavy atom. The fraction of sp³-hybridized carbons (Fsp3) is 0.289. The highest BCUT2D eigenvalue weighted by atomic mass is 19.2. The van der Waals surface area contributed by atoms with Crippen molar-refractivity contribution in [2.75, 3.05) is 56.2 Å².